The van der Waals surface area contributed by atoms with Gasteiger partial charge in [-0.25, -0.2) is 0 Å². The van der Waals surface area contributed by atoms with Crippen LogP contribution in [0.15, 0.2) is 84.9 Å². The third kappa shape index (κ3) is 4.78. The molecule has 0 saturated heterocycles. The minimum absolute atomic E-state index is 0.187. The molecule has 0 radical (unpaired) electrons. The number of hydrogen-bond donors (Lipinski definition) is 2. The van der Waals surface area contributed by atoms with Crippen LogP contribution in [0.2, 0.25) is 0 Å². The molecule has 0 aliphatic heterocycles. The molecule has 3 rings (SSSR count). The van der Waals surface area contributed by atoms with Gasteiger partial charge in [0.1, 0.15) is 0 Å². The molecule has 0 aliphatic rings. The predicted octanol–water partition coefficient (Wildman–Crippen LogP) is 4.20. The standard InChI is InChI=1S/C22H17N3OS/c23-15-16-8-7-13-19(14-16)24-22(27)25-21(26)20(17-9-3-1-4-10-17)18-11-5-2-6-12-18/h1-14,20H,(H2,24,25,26,27). The Morgan fingerprint density at radius 1 is 0.889 bits per heavy atom. The van der Waals surface area contributed by atoms with E-state index in [-0.39, 0.29) is 11.0 Å². The molecule has 0 unspecified atom stereocenters. The number of benzene rings is 3. The highest BCUT2D eigenvalue weighted by Crippen LogP contribution is 2.24. The number of thiocarbonyl (C=S) groups is 1. The SMILES string of the molecule is N#Cc1cccc(NC(=S)NC(=O)C(c2ccccc2)c2ccccc2)c1. The van der Waals surface area contributed by atoms with Crippen molar-refractivity contribution in [1.29, 1.82) is 5.26 Å². The van der Waals surface area contributed by atoms with E-state index in [1.165, 1.54) is 0 Å². The average molecular weight is 371 g/mol. The molecular weight excluding hydrogens is 354 g/mol. The Kier molecular flexibility index (Phi) is 5.93. The first-order valence-electron chi connectivity index (χ1n) is 8.39. The fraction of sp³-hybridized carbons (Fsp3) is 0.0455. The van der Waals surface area contributed by atoms with Crippen molar-refractivity contribution in [2.75, 3.05) is 5.32 Å². The minimum atomic E-state index is -0.474. The molecule has 0 saturated carbocycles. The van der Waals surface area contributed by atoms with Crippen molar-refractivity contribution in [3.8, 4) is 6.07 Å². The molecule has 5 heteroatoms. The fourth-order valence-corrected chi connectivity index (χ4v) is 3.02. The van der Waals surface area contributed by atoms with Gasteiger partial charge in [0, 0.05) is 5.69 Å². The molecule has 3 aromatic rings. The lowest BCUT2D eigenvalue weighted by molar-refractivity contribution is -0.120. The molecule has 0 bridgehead atoms. The summed E-state index contributed by atoms with van der Waals surface area (Å²) in [4.78, 5) is 13.0. The second-order valence-electron chi connectivity index (χ2n) is 5.89. The van der Waals surface area contributed by atoms with Crippen LogP contribution in [-0.2, 0) is 4.79 Å². The molecule has 2 N–H and O–H groups in total. The Morgan fingerprint density at radius 2 is 1.48 bits per heavy atom. The van der Waals surface area contributed by atoms with Crippen molar-refractivity contribution in [2.24, 2.45) is 0 Å². The first-order chi connectivity index (χ1) is 13.2. The maximum atomic E-state index is 13.0. The number of amides is 1. The number of nitrogens with zero attached hydrogens (tertiary/aromatic N) is 1. The van der Waals surface area contributed by atoms with Gasteiger partial charge in [-0.2, -0.15) is 5.26 Å². The van der Waals surface area contributed by atoms with Gasteiger partial charge >= 0.3 is 0 Å². The molecule has 3 aromatic carbocycles. The molecule has 0 aromatic heterocycles. The lowest BCUT2D eigenvalue weighted by Gasteiger charge is -2.18. The molecule has 0 heterocycles. The molecule has 0 aliphatic carbocycles. The summed E-state index contributed by atoms with van der Waals surface area (Å²) < 4.78 is 0. The van der Waals surface area contributed by atoms with Crippen molar-refractivity contribution >= 4 is 28.9 Å². The van der Waals surface area contributed by atoms with E-state index in [0.29, 0.717) is 11.3 Å². The monoisotopic (exact) mass is 371 g/mol. The van der Waals surface area contributed by atoms with E-state index in [4.69, 9.17) is 17.5 Å². The summed E-state index contributed by atoms with van der Waals surface area (Å²) >= 11 is 5.28. The summed E-state index contributed by atoms with van der Waals surface area (Å²) in [6, 6.07) is 28.1. The number of rotatable bonds is 4. The van der Waals surface area contributed by atoms with Gasteiger partial charge in [-0.05, 0) is 41.5 Å². The van der Waals surface area contributed by atoms with Gasteiger partial charge < -0.3 is 10.6 Å². The highest BCUT2D eigenvalue weighted by molar-refractivity contribution is 7.80. The zero-order valence-electron chi connectivity index (χ0n) is 14.4. The Hall–Kier alpha value is -3.49. The number of hydrogen-bond acceptors (Lipinski definition) is 3. The number of carbonyl (C=O) groups is 1. The molecule has 4 nitrogen and oxygen atoms in total. The van der Waals surface area contributed by atoms with E-state index < -0.39 is 5.92 Å². The van der Waals surface area contributed by atoms with Crippen LogP contribution in [0.25, 0.3) is 0 Å². The lowest BCUT2D eigenvalue weighted by atomic mass is 9.90. The molecule has 0 fully saturated rings. The maximum absolute atomic E-state index is 13.0. The van der Waals surface area contributed by atoms with E-state index in [2.05, 4.69) is 16.7 Å². The molecule has 0 spiro atoms. The van der Waals surface area contributed by atoms with Crippen molar-refractivity contribution < 1.29 is 4.79 Å². The van der Waals surface area contributed by atoms with Gasteiger partial charge in [0.2, 0.25) is 5.91 Å². The summed E-state index contributed by atoms with van der Waals surface area (Å²) in [5, 5.41) is 14.9. The second kappa shape index (κ2) is 8.75. The summed E-state index contributed by atoms with van der Waals surface area (Å²) in [5.41, 5.74) is 2.93. The smallest absolute Gasteiger partial charge is 0.238 e. The first-order valence-corrected chi connectivity index (χ1v) is 8.80. The van der Waals surface area contributed by atoms with Crippen molar-refractivity contribution in [3.05, 3.63) is 102 Å². The van der Waals surface area contributed by atoms with Gasteiger partial charge in [-0.3, -0.25) is 4.79 Å². The van der Waals surface area contributed by atoms with Crippen LogP contribution < -0.4 is 10.6 Å². The molecular formula is C22H17N3OS. The summed E-state index contributed by atoms with van der Waals surface area (Å²) in [7, 11) is 0. The lowest BCUT2D eigenvalue weighted by Crippen LogP contribution is -2.37. The van der Waals surface area contributed by atoms with Gasteiger partial charge in [-0.1, -0.05) is 66.7 Å². The third-order valence-corrected chi connectivity index (χ3v) is 4.22. The van der Waals surface area contributed by atoms with Crippen LogP contribution in [0.5, 0.6) is 0 Å². The first kappa shape index (κ1) is 18.3. The number of carbonyl (C=O) groups excluding carboxylic acids is 1. The summed E-state index contributed by atoms with van der Waals surface area (Å²) in [6.45, 7) is 0. The Bertz CT molecular complexity index is 942. The van der Waals surface area contributed by atoms with E-state index >= 15 is 0 Å². The zero-order chi connectivity index (χ0) is 19.1. The van der Waals surface area contributed by atoms with Crippen LogP contribution in [0.3, 0.4) is 0 Å². The van der Waals surface area contributed by atoms with Crippen LogP contribution in [0, 0.1) is 11.3 Å². The highest BCUT2D eigenvalue weighted by atomic mass is 32.1. The Morgan fingerprint density at radius 3 is 2.04 bits per heavy atom. The van der Waals surface area contributed by atoms with Crippen LogP contribution >= 0.6 is 12.2 Å². The summed E-state index contributed by atoms with van der Waals surface area (Å²) in [5.74, 6) is -0.695. The van der Waals surface area contributed by atoms with Crippen LogP contribution in [-0.4, -0.2) is 11.0 Å². The predicted molar refractivity (Wildman–Crippen MR) is 110 cm³/mol. The topological polar surface area (TPSA) is 64.9 Å². The van der Waals surface area contributed by atoms with E-state index in [0.717, 1.165) is 11.1 Å². The molecule has 0 atom stereocenters. The summed E-state index contributed by atoms with van der Waals surface area (Å²) in [6.07, 6.45) is 0. The van der Waals surface area contributed by atoms with E-state index in [9.17, 15) is 4.79 Å². The fourth-order valence-electron chi connectivity index (χ4n) is 2.80. The Labute approximate surface area is 163 Å². The van der Waals surface area contributed by atoms with Crippen LogP contribution in [0.1, 0.15) is 22.6 Å². The van der Waals surface area contributed by atoms with E-state index in [1.54, 1.807) is 24.3 Å². The van der Waals surface area contributed by atoms with Gasteiger partial charge in [0.05, 0.1) is 17.6 Å². The Balaban J connectivity index is 1.78. The van der Waals surface area contributed by atoms with E-state index in [1.807, 2.05) is 60.7 Å². The third-order valence-electron chi connectivity index (χ3n) is 4.01. The van der Waals surface area contributed by atoms with Gasteiger partial charge in [0.25, 0.3) is 0 Å². The van der Waals surface area contributed by atoms with Crippen molar-refractivity contribution in [3.63, 3.8) is 0 Å². The van der Waals surface area contributed by atoms with Gasteiger partial charge in [-0.15, -0.1) is 0 Å². The average Bonchev–Trinajstić information content (AvgIpc) is 2.70. The maximum Gasteiger partial charge on any atom is 0.238 e. The molecule has 1 amide bonds. The normalized spacial score (nSPS) is 10.1. The molecule has 132 valence electrons. The number of anilines is 1. The number of nitriles is 1. The van der Waals surface area contributed by atoms with Crippen molar-refractivity contribution in [1.82, 2.24) is 5.32 Å². The number of nitrogens with one attached hydrogen (secondary N) is 2. The zero-order valence-corrected chi connectivity index (χ0v) is 15.2. The second-order valence-corrected chi connectivity index (χ2v) is 6.30. The highest BCUT2D eigenvalue weighted by Gasteiger charge is 2.23. The quantitative estimate of drug-likeness (QED) is 0.675. The minimum Gasteiger partial charge on any atom is -0.332 e. The molecule has 27 heavy (non-hydrogen) atoms. The van der Waals surface area contributed by atoms with Crippen molar-refractivity contribution in [2.45, 2.75) is 5.92 Å². The van der Waals surface area contributed by atoms with Crippen LogP contribution in [0.4, 0.5) is 5.69 Å². The largest absolute Gasteiger partial charge is 0.332 e. The van der Waals surface area contributed by atoms with Gasteiger partial charge in [0.15, 0.2) is 5.11 Å².